The molecule has 0 saturated carbocycles. The molecule has 2 aromatic carbocycles. The van der Waals surface area contributed by atoms with E-state index >= 15 is 0 Å². The number of nitrogens with zero attached hydrogens (tertiary/aromatic N) is 1. The first kappa shape index (κ1) is 18.2. The van der Waals surface area contributed by atoms with Crippen molar-refractivity contribution in [3.63, 3.8) is 0 Å². The van der Waals surface area contributed by atoms with E-state index in [2.05, 4.69) is 4.74 Å². The van der Waals surface area contributed by atoms with E-state index in [-0.39, 0.29) is 35.2 Å². The fraction of sp³-hybridized carbons (Fsp3) is 0.235. The van der Waals surface area contributed by atoms with Crippen LogP contribution in [0.25, 0.3) is 0 Å². The lowest BCUT2D eigenvalue weighted by atomic mass is 10.1. The molecule has 5 nitrogen and oxygen atoms in total. The molecule has 0 atom stereocenters. The van der Waals surface area contributed by atoms with Crippen LogP contribution in [0.15, 0.2) is 36.4 Å². The van der Waals surface area contributed by atoms with Crippen molar-refractivity contribution in [2.45, 2.75) is 12.9 Å². The van der Waals surface area contributed by atoms with Gasteiger partial charge in [0, 0.05) is 24.7 Å². The highest BCUT2D eigenvalue weighted by molar-refractivity contribution is 6.32. The second-order valence-corrected chi connectivity index (χ2v) is 5.92. The first-order valence-electron chi connectivity index (χ1n) is 7.43. The molecular weight excluding hydrogens is 375 g/mol. The zero-order chi connectivity index (χ0) is 18.9. The molecular formula is C17H13ClF3NO4. The summed E-state index contributed by atoms with van der Waals surface area (Å²) < 4.78 is 51.9. The van der Waals surface area contributed by atoms with Crippen molar-refractivity contribution in [2.24, 2.45) is 0 Å². The minimum Gasteiger partial charge on any atom is -0.454 e. The smallest absolute Gasteiger partial charge is 0.454 e. The lowest BCUT2D eigenvalue weighted by Crippen LogP contribution is -2.27. The molecule has 0 aliphatic carbocycles. The molecule has 0 saturated heterocycles. The molecule has 0 unspecified atom stereocenters. The number of halogens is 4. The summed E-state index contributed by atoms with van der Waals surface area (Å²) in [7, 11) is 1.46. The van der Waals surface area contributed by atoms with Gasteiger partial charge in [-0.1, -0.05) is 29.8 Å². The van der Waals surface area contributed by atoms with Crippen LogP contribution in [0.1, 0.15) is 15.9 Å². The summed E-state index contributed by atoms with van der Waals surface area (Å²) in [5.41, 5.74) is 0.448. The topological polar surface area (TPSA) is 48.0 Å². The van der Waals surface area contributed by atoms with Crippen LogP contribution in [-0.2, 0) is 6.54 Å². The van der Waals surface area contributed by atoms with Crippen LogP contribution in [0.5, 0.6) is 17.2 Å². The number of hydrogen-bond acceptors (Lipinski definition) is 4. The largest absolute Gasteiger partial charge is 0.573 e. The summed E-state index contributed by atoms with van der Waals surface area (Å²) in [5, 5.41) is 0.220. The van der Waals surface area contributed by atoms with Gasteiger partial charge in [0.2, 0.25) is 6.79 Å². The van der Waals surface area contributed by atoms with Crippen LogP contribution in [-0.4, -0.2) is 31.0 Å². The molecule has 26 heavy (non-hydrogen) atoms. The highest BCUT2D eigenvalue weighted by Crippen LogP contribution is 2.40. The number of carbonyl (C=O) groups is 1. The summed E-state index contributed by atoms with van der Waals surface area (Å²) >= 11 is 6.06. The Morgan fingerprint density at radius 3 is 2.73 bits per heavy atom. The van der Waals surface area contributed by atoms with E-state index in [0.29, 0.717) is 11.5 Å². The summed E-state index contributed by atoms with van der Waals surface area (Å²) in [6.45, 7) is -0.0815. The maximum Gasteiger partial charge on any atom is 0.573 e. The van der Waals surface area contributed by atoms with Crippen molar-refractivity contribution in [2.75, 3.05) is 13.8 Å². The van der Waals surface area contributed by atoms with Crippen molar-refractivity contribution in [3.05, 3.63) is 52.5 Å². The van der Waals surface area contributed by atoms with Crippen molar-refractivity contribution in [1.82, 2.24) is 4.90 Å². The normalized spacial score (nSPS) is 12.8. The third-order valence-electron chi connectivity index (χ3n) is 3.63. The number of amides is 1. The van der Waals surface area contributed by atoms with Crippen molar-refractivity contribution in [1.29, 1.82) is 0 Å². The van der Waals surface area contributed by atoms with Gasteiger partial charge < -0.3 is 19.1 Å². The Kier molecular flexibility index (Phi) is 4.86. The average Bonchev–Trinajstić information content (AvgIpc) is 3.03. The van der Waals surface area contributed by atoms with Gasteiger partial charge in [-0.25, -0.2) is 0 Å². The van der Waals surface area contributed by atoms with Gasteiger partial charge in [0.15, 0.2) is 11.5 Å². The number of fused-ring (bicyclic) bond motifs is 1. The second-order valence-electron chi connectivity index (χ2n) is 5.51. The molecule has 9 heteroatoms. The summed E-state index contributed by atoms with van der Waals surface area (Å²) in [6, 6.07) is 8.53. The van der Waals surface area contributed by atoms with Crippen LogP contribution in [0.4, 0.5) is 13.2 Å². The number of alkyl halides is 3. The molecule has 0 radical (unpaired) electrons. The fourth-order valence-electron chi connectivity index (χ4n) is 2.50. The number of benzene rings is 2. The first-order valence-corrected chi connectivity index (χ1v) is 7.80. The first-order chi connectivity index (χ1) is 12.2. The molecule has 0 fully saturated rings. The summed E-state index contributed by atoms with van der Waals surface area (Å²) in [5.74, 6) is -0.0970. The average molecular weight is 388 g/mol. The second kappa shape index (κ2) is 6.95. The highest BCUT2D eigenvalue weighted by Gasteiger charge is 2.32. The van der Waals surface area contributed by atoms with Crippen LogP contribution in [0, 0.1) is 0 Å². The standard InChI is InChI=1S/C17H13ClF3NO4/c1-22(8-10-4-2-3-5-13(10)26-17(19,20)21)16(23)11-6-12(18)15-14(7-11)24-9-25-15/h2-7H,8-9H2,1H3. The Hall–Kier alpha value is -2.61. The van der Waals surface area contributed by atoms with Gasteiger partial charge in [0.1, 0.15) is 5.75 Å². The maximum absolute atomic E-state index is 12.6. The predicted octanol–water partition coefficient (Wildman–Crippen LogP) is 4.24. The van der Waals surface area contributed by atoms with E-state index < -0.39 is 12.3 Å². The molecule has 2 aromatic rings. The van der Waals surface area contributed by atoms with E-state index in [9.17, 15) is 18.0 Å². The molecule has 1 amide bonds. The van der Waals surface area contributed by atoms with Gasteiger partial charge in [0.05, 0.1) is 5.02 Å². The summed E-state index contributed by atoms with van der Waals surface area (Å²) in [6.07, 6.45) is -4.82. The van der Waals surface area contributed by atoms with Gasteiger partial charge in [-0.05, 0) is 18.2 Å². The molecule has 3 rings (SSSR count). The van der Waals surface area contributed by atoms with Crippen molar-refractivity contribution >= 4 is 17.5 Å². The van der Waals surface area contributed by atoms with Gasteiger partial charge in [-0.3, -0.25) is 4.79 Å². The Morgan fingerprint density at radius 1 is 1.27 bits per heavy atom. The molecule has 0 N–H and O–H groups in total. The SMILES string of the molecule is CN(Cc1ccccc1OC(F)(F)F)C(=O)c1cc(Cl)c2c(c1)OCO2. The van der Waals surface area contributed by atoms with Gasteiger partial charge >= 0.3 is 6.36 Å². The number of carbonyl (C=O) groups excluding carboxylic acids is 1. The number of ether oxygens (including phenoxy) is 3. The molecule has 1 heterocycles. The maximum atomic E-state index is 12.6. The van der Waals surface area contributed by atoms with Gasteiger partial charge in [0.25, 0.3) is 5.91 Å². The van der Waals surface area contributed by atoms with E-state index in [1.54, 1.807) is 6.07 Å². The molecule has 0 bridgehead atoms. The van der Waals surface area contributed by atoms with Crippen LogP contribution in [0.2, 0.25) is 5.02 Å². The molecule has 1 aliphatic rings. The Balaban J connectivity index is 1.80. The summed E-state index contributed by atoms with van der Waals surface area (Å²) in [4.78, 5) is 13.9. The minimum atomic E-state index is -4.82. The molecule has 0 spiro atoms. The van der Waals surface area contributed by atoms with Gasteiger partial charge in [-0.2, -0.15) is 0 Å². The quantitative estimate of drug-likeness (QED) is 0.787. The lowest BCUT2D eigenvalue weighted by molar-refractivity contribution is -0.275. The molecule has 0 aromatic heterocycles. The monoisotopic (exact) mass is 387 g/mol. The van der Waals surface area contributed by atoms with Gasteiger partial charge in [-0.15, -0.1) is 13.2 Å². The Labute approximate surface area is 151 Å². The zero-order valence-electron chi connectivity index (χ0n) is 13.5. The van der Waals surface area contributed by atoms with Crippen LogP contribution < -0.4 is 14.2 Å². The number of para-hydroxylation sites is 1. The molecule has 138 valence electrons. The lowest BCUT2D eigenvalue weighted by Gasteiger charge is -2.20. The molecule has 1 aliphatic heterocycles. The van der Waals surface area contributed by atoms with Crippen LogP contribution >= 0.6 is 11.6 Å². The van der Waals surface area contributed by atoms with E-state index in [1.807, 2.05) is 0 Å². The van der Waals surface area contributed by atoms with Crippen molar-refractivity contribution < 1.29 is 32.2 Å². The van der Waals surface area contributed by atoms with E-state index in [1.165, 1.54) is 42.3 Å². The fourth-order valence-corrected chi connectivity index (χ4v) is 2.76. The third kappa shape index (κ3) is 3.96. The Bertz CT molecular complexity index is 841. The Morgan fingerprint density at radius 2 is 2.00 bits per heavy atom. The number of hydrogen-bond donors (Lipinski definition) is 0. The van der Waals surface area contributed by atoms with E-state index in [4.69, 9.17) is 21.1 Å². The minimum absolute atomic E-state index is 0.00466. The number of rotatable bonds is 4. The highest BCUT2D eigenvalue weighted by atomic mass is 35.5. The zero-order valence-corrected chi connectivity index (χ0v) is 14.2. The third-order valence-corrected chi connectivity index (χ3v) is 3.91. The van der Waals surface area contributed by atoms with E-state index in [0.717, 1.165) is 0 Å². The van der Waals surface area contributed by atoms with Crippen LogP contribution in [0.3, 0.4) is 0 Å². The predicted molar refractivity (Wildman–Crippen MR) is 86.5 cm³/mol. The van der Waals surface area contributed by atoms with Crippen molar-refractivity contribution in [3.8, 4) is 17.2 Å².